The molecule has 1 aliphatic heterocycles. The monoisotopic (exact) mass is 159 g/mol. The first-order chi connectivity index (χ1) is 5.90. The van der Waals surface area contributed by atoms with Gasteiger partial charge in [0.25, 0.3) is 0 Å². The second-order valence-corrected chi connectivity index (χ2v) is 3.08. The summed E-state index contributed by atoms with van der Waals surface area (Å²) in [6, 6.07) is 8.64. The molecule has 1 saturated heterocycles. The molecule has 12 heavy (non-hydrogen) atoms. The zero-order valence-electron chi connectivity index (χ0n) is 7.33. The molecule has 1 aliphatic rings. The van der Waals surface area contributed by atoms with Crippen molar-refractivity contribution in [1.82, 2.24) is 0 Å². The van der Waals surface area contributed by atoms with E-state index in [4.69, 9.17) is 0 Å². The lowest BCUT2D eigenvalue weighted by Crippen LogP contribution is -1.89. The van der Waals surface area contributed by atoms with Crippen molar-refractivity contribution in [2.75, 3.05) is 18.0 Å². The van der Waals surface area contributed by atoms with Crippen molar-refractivity contribution in [3.63, 3.8) is 0 Å². The molecule has 0 bridgehead atoms. The fourth-order valence-electron chi connectivity index (χ4n) is 1.33. The quantitative estimate of drug-likeness (QED) is 0.599. The third kappa shape index (κ3) is 1.50. The van der Waals surface area contributed by atoms with Gasteiger partial charge in [-0.2, -0.15) is 0 Å². The Morgan fingerprint density at radius 1 is 1.33 bits per heavy atom. The molecule has 0 unspecified atom stereocenters. The number of nitrogens with zero attached hydrogens (tertiary/aromatic N) is 1. The molecule has 1 aromatic carbocycles. The Labute approximate surface area is 73.3 Å². The fraction of sp³-hybridized carbons (Fsp3) is 0.273. The highest BCUT2D eigenvalue weighted by molar-refractivity contribution is 5.60. The minimum atomic E-state index is 1.22. The first-order valence-electron chi connectivity index (χ1n) is 4.38. The molecule has 0 N–H and O–H groups in total. The van der Waals surface area contributed by atoms with Crippen molar-refractivity contribution in [3.05, 3.63) is 35.9 Å². The highest BCUT2D eigenvalue weighted by Crippen LogP contribution is 2.22. The summed E-state index contributed by atoms with van der Waals surface area (Å²) in [5, 5.41) is 0. The Morgan fingerprint density at radius 2 is 2.17 bits per heavy atom. The zero-order chi connectivity index (χ0) is 8.39. The Hall–Kier alpha value is -1.24. The van der Waals surface area contributed by atoms with Gasteiger partial charge in [-0.3, -0.25) is 0 Å². The Kier molecular flexibility index (Phi) is 1.86. The van der Waals surface area contributed by atoms with Crippen molar-refractivity contribution < 1.29 is 0 Å². The minimum absolute atomic E-state index is 1.22. The van der Waals surface area contributed by atoms with Crippen LogP contribution in [0, 0.1) is 0 Å². The van der Waals surface area contributed by atoms with Gasteiger partial charge in [0.05, 0.1) is 0 Å². The van der Waals surface area contributed by atoms with Crippen molar-refractivity contribution in [3.8, 4) is 0 Å². The maximum atomic E-state index is 2.35. The molecule has 0 aromatic heterocycles. The van der Waals surface area contributed by atoms with Crippen LogP contribution < -0.4 is 4.90 Å². The number of hydrogen-bond donors (Lipinski definition) is 0. The van der Waals surface area contributed by atoms with Crippen LogP contribution in [-0.2, 0) is 0 Å². The van der Waals surface area contributed by atoms with E-state index in [1.54, 1.807) is 0 Å². The van der Waals surface area contributed by atoms with Gasteiger partial charge >= 0.3 is 0 Å². The lowest BCUT2D eigenvalue weighted by molar-refractivity contribution is 1.39. The number of anilines is 1. The van der Waals surface area contributed by atoms with Crippen LogP contribution in [0.5, 0.6) is 0 Å². The van der Waals surface area contributed by atoms with Gasteiger partial charge in [0.1, 0.15) is 0 Å². The molecule has 0 radical (unpaired) electrons. The van der Waals surface area contributed by atoms with E-state index in [2.05, 4.69) is 41.3 Å². The van der Waals surface area contributed by atoms with Crippen LogP contribution in [0.25, 0.3) is 6.08 Å². The number of hydrogen-bond acceptors (Lipinski definition) is 1. The Morgan fingerprint density at radius 3 is 2.83 bits per heavy atom. The van der Waals surface area contributed by atoms with Crippen LogP contribution in [0.1, 0.15) is 12.5 Å². The second-order valence-electron chi connectivity index (χ2n) is 3.08. The SMILES string of the molecule is CC=Cc1cccc(N2CC2)c1. The summed E-state index contributed by atoms with van der Waals surface area (Å²) in [7, 11) is 0. The number of benzene rings is 1. The fourth-order valence-corrected chi connectivity index (χ4v) is 1.33. The van der Waals surface area contributed by atoms with E-state index in [1.807, 2.05) is 6.92 Å². The summed E-state index contributed by atoms with van der Waals surface area (Å²) in [5.41, 5.74) is 2.65. The largest absolute Gasteiger partial charge is 0.368 e. The van der Waals surface area contributed by atoms with Crippen molar-refractivity contribution in [1.29, 1.82) is 0 Å². The third-order valence-electron chi connectivity index (χ3n) is 2.04. The van der Waals surface area contributed by atoms with E-state index in [0.717, 1.165) is 0 Å². The average Bonchev–Trinajstić information content (AvgIpc) is 2.88. The van der Waals surface area contributed by atoms with Crippen LogP contribution in [0.15, 0.2) is 30.3 Å². The number of rotatable bonds is 2. The van der Waals surface area contributed by atoms with E-state index in [0.29, 0.717) is 0 Å². The maximum Gasteiger partial charge on any atom is 0.0373 e. The van der Waals surface area contributed by atoms with Gasteiger partial charge < -0.3 is 4.90 Å². The van der Waals surface area contributed by atoms with Crippen LogP contribution in [0.3, 0.4) is 0 Å². The predicted molar refractivity (Wildman–Crippen MR) is 53.4 cm³/mol. The topological polar surface area (TPSA) is 3.01 Å². The van der Waals surface area contributed by atoms with E-state index in [1.165, 1.54) is 24.3 Å². The van der Waals surface area contributed by atoms with Gasteiger partial charge in [0.2, 0.25) is 0 Å². The van der Waals surface area contributed by atoms with Crippen molar-refractivity contribution >= 4 is 11.8 Å². The molecule has 0 atom stereocenters. The van der Waals surface area contributed by atoms with Gasteiger partial charge in [-0.1, -0.05) is 24.3 Å². The lowest BCUT2D eigenvalue weighted by atomic mass is 10.2. The molecular weight excluding hydrogens is 146 g/mol. The zero-order valence-corrected chi connectivity index (χ0v) is 7.33. The Bertz CT molecular complexity index is 298. The first kappa shape index (κ1) is 7.41. The maximum absolute atomic E-state index is 2.35. The molecule has 0 spiro atoms. The van der Waals surface area contributed by atoms with Crippen molar-refractivity contribution in [2.24, 2.45) is 0 Å². The Balaban J connectivity index is 2.26. The molecule has 1 fully saturated rings. The van der Waals surface area contributed by atoms with Gasteiger partial charge in [-0.25, -0.2) is 0 Å². The highest BCUT2D eigenvalue weighted by Gasteiger charge is 2.16. The molecule has 1 aromatic rings. The summed E-state index contributed by atoms with van der Waals surface area (Å²) < 4.78 is 0. The molecule has 0 saturated carbocycles. The minimum Gasteiger partial charge on any atom is -0.368 e. The molecule has 2 rings (SSSR count). The summed E-state index contributed by atoms with van der Waals surface area (Å²) in [6.45, 7) is 4.49. The van der Waals surface area contributed by atoms with Gasteiger partial charge in [-0.05, 0) is 24.6 Å². The van der Waals surface area contributed by atoms with Crippen LogP contribution in [0.4, 0.5) is 5.69 Å². The molecule has 0 aliphatic carbocycles. The summed E-state index contributed by atoms with van der Waals surface area (Å²) in [6.07, 6.45) is 4.20. The van der Waals surface area contributed by atoms with Crippen LogP contribution in [0.2, 0.25) is 0 Å². The van der Waals surface area contributed by atoms with Crippen LogP contribution >= 0.6 is 0 Å². The van der Waals surface area contributed by atoms with E-state index in [-0.39, 0.29) is 0 Å². The summed E-state index contributed by atoms with van der Waals surface area (Å²) in [5.74, 6) is 0. The van der Waals surface area contributed by atoms with Gasteiger partial charge in [0.15, 0.2) is 0 Å². The van der Waals surface area contributed by atoms with E-state index >= 15 is 0 Å². The van der Waals surface area contributed by atoms with Crippen LogP contribution in [-0.4, -0.2) is 13.1 Å². The molecule has 62 valence electrons. The van der Waals surface area contributed by atoms with Crippen molar-refractivity contribution in [2.45, 2.75) is 6.92 Å². The molecule has 1 heteroatoms. The summed E-state index contributed by atoms with van der Waals surface area (Å²) >= 11 is 0. The smallest absolute Gasteiger partial charge is 0.0373 e. The normalized spacial score (nSPS) is 15.6. The standard InChI is InChI=1S/C11H13N/c1-2-4-10-5-3-6-11(9-10)12-7-8-12/h2-6,9H,7-8H2,1H3. The second kappa shape index (κ2) is 3.02. The lowest BCUT2D eigenvalue weighted by Gasteiger charge is -2.02. The van der Waals surface area contributed by atoms with E-state index in [9.17, 15) is 0 Å². The van der Waals surface area contributed by atoms with Gasteiger partial charge in [-0.15, -0.1) is 0 Å². The number of allylic oxidation sites excluding steroid dienone is 1. The predicted octanol–water partition coefficient (Wildman–Crippen LogP) is 2.54. The van der Waals surface area contributed by atoms with E-state index < -0.39 is 0 Å². The molecule has 1 heterocycles. The molecule has 1 nitrogen and oxygen atoms in total. The molecule has 0 amide bonds. The molecular formula is C11H13N. The average molecular weight is 159 g/mol. The summed E-state index contributed by atoms with van der Waals surface area (Å²) in [4.78, 5) is 2.35. The third-order valence-corrected chi connectivity index (χ3v) is 2.04. The highest BCUT2D eigenvalue weighted by atomic mass is 15.3. The van der Waals surface area contributed by atoms with Gasteiger partial charge in [0, 0.05) is 18.8 Å². The first-order valence-corrected chi connectivity index (χ1v) is 4.38.